The highest BCUT2D eigenvalue weighted by molar-refractivity contribution is 5.91. The third-order valence-electron chi connectivity index (χ3n) is 6.41. The summed E-state index contributed by atoms with van der Waals surface area (Å²) in [6.07, 6.45) is 7.15. The summed E-state index contributed by atoms with van der Waals surface area (Å²) < 4.78 is 0. The van der Waals surface area contributed by atoms with Crippen molar-refractivity contribution in [2.45, 2.75) is 26.4 Å². The summed E-state index contributed by atoms with van der Waals surface area (Å²) in [5.74, 6) is 0.801. The molecule has 1 atom stereocenters. The molecule has 6 nitrogen and oxygen atoms in total. The fourth-order valence-electron chi connectivity index (χ4n) is 4.34. The maximum Gasteiger partial charge on any atom is 0.143 e. The molecular formula is C27H34N6. The minimum Gasteiger partial charge on any atom is -0.363 e. The highest BCUT2D eigenvalue weighted by atomic mass is 15.3. The van der Waals surface area contributed by atoms with Gasteiger partial charge in [0, 0.05) is 44.5 Å². The molecular weight excluding hydrogens is 408 g/mol. The molecule has 1 fully saturated rings. The van der Waals surface area contributed by atoms with E-state index in [1.165, 1.54) is 5.56 Å². The molecule has 2 aromatic heterocycles. The number of hydrogen-bond acceptors (Lipinski definition) is 5. The zero-order valence-electron chi connectivity index (χ0n) is 19.7. The molecule has 4 rings (SSSR count). The third-order valence-corrected chi connectivity index (χ3v) is 6.41. The van der Waals surface area contributed by atoms with Crippen molar-refractivity contribution in [2.24, 2.45) is 0 Å². The van der Waals surface area contributed by atoms with Gasteiger partial charge >= 0.3 is 0 Å². The number of rotatable bonds is 9. The molecule has 0 radical (unpaired) electrons. The molecule has 0 saturated carbocycles. The maximum atomic E-state index is 4.48. The fraction of sp³-hybridized carbons (Fsp3) is 0.333. The van der Waals surface area contributed by atoms with E-state index < -0.39 is 0 Å². The molecule has 172 valence electrons. The number of piperazine rings is 1. The zero-order valence-corrected chi connectivity index (χ0v) is 19.7. The van der Waals surface area contributed by atoms with Gasteiger partial charge in [0.25, 0.3) is 0 Å². The van der Waals surface area contributed by atoms with E-state index in [9.17, 15) is 0 Å². The summed E-state index contributed by atoms with van der Waals surface area (Å²) in [5.41, 5.74) is 5.40. The quantitative estimate of drug-likeness (QED) is 0.464. The molecule has 0 amide bonds. The summed E-state index contributed by atoms with van der Waals surface area (Å²) >= 11 is 0. The van der Waals surface area contributed by atoms with Crippen molar-refractivity contribution >= 4 is 16.9 Å². The summed E-state index contributed by atoms with van der Waals surface area (Å²) in [5, 5.41) is 4.45. The second-order valence-electron chi connectivity index (χ2n) is 8.55. The average Bonchev–Trinajstić information content (AvgIpc) is 3.29. The lowest BCUT2D eigenvalue weighted by Crippen LogP contribution is -2.45. The van der Waals surface area contributed by atoms with E-state index >= 15 is 0 Å². The molecule has 1 saturated heterocycles. The normalized spacial score (nSPS) is 16.6. The van der Waals surface area contributed by atoms with Crippen molar-refractivity contribution in [3.05, 3.63) is 79.2 Å². The molecule has 0 aliphatic carbocycles. The summed E-state index contributed by atoms with van der Waals surface area (Å²) in [6, 6.07) is 11.0. The van der Waals surface area contributed by atoms with Crippen LogP contribution < -0.4 is 5.32 Å². The monoisotopic (exact) mass is 442 g/mol. The van der Waals surface area contributed by atoms with E-state index in [-0.39, 0.29) is 6.04 Å². The molecule has 0 unspecified atom stereocenters. The van der Waals surface area contributed by atoms with Crippen LogP contribution >= 0.6 is 0 Å². The molecule has 1 aliphatic heterocycles. The van der Waals surface area contributed by atoms with E-state index in [1.807, 2.05) is 12.2 Å². The number of nitrogens with zero attached hydrogens (tertiary/aromatic N) is 4. The number of fused-ring (bicyclic) bond motifs is 1. The van der Waals surface area contributed by atoms with Crippen LogP contribution in [0.15, 0.2) is 73.6 Å². The van der Waals surface area contributed by atoms with Crippen molar-refractivity contribution in [1.82, 2.24) is 24.8 Å². The van der Waals surface area contributed by atoms with Crippen molar-refractivity contribution in [3.8, 4) is 11.3 Å². The van der Waals surface area contributed by atoms with Gasteiger partial charge in [0.15, 0.2) is 0 Å². The predicted octanol–water partition coefficient (Wildman–Crippen LogP) is 4.86. The number of H-pyrrole nitrogens is 1. The lowest BCUT2D eigenvalue weighted by atomic mass is 10.1. The Labute approximate surface area is 196 Å². The highest BCUT2D eigenvalue weighted by Crippen LogP contribution is 2.28. The van der Waals surface area contributed by atoms with E-state index in [2.05, 4.69) is 87.4 Å². The summed E-state index contributed by atoms with van der Waals surface area (Å²) in [7, 11) is 0. The number of benzene rings is 1. The van der Waals surface area contributed by atoms with Crippen molar-refractivity contribution in [2.75, 3.05) is 38.0 Å². The van der Waals surface area contributed by atoms with Gasteiger partial charge in [0.05, 0.1) is 5.39 Å². The van der Waals surface area contributed by atoms with Crippen molar-refractivity contribution in [3.63, 3.8) is 0 Å². The van der Waals surface area contributed by atoms with Gasteiger partial charge in [-0.1, -0.05) is 62.6 Å². The molecule has 1 aromatic carbocycles. The van der Waals surface area contributed by atoms with Gasteiger partial charge in [0.2, 0.25) is 0 Å². The molecule has 3 heterocycles. The topological polar surface area (TPSA) is 60.1 Å². The van der Waals surface area contributed by atoms with Crippen LogP contribution in [0, 0.1) is 0 Å². The van der Waals surface area contributed by atoms with Gasteiger partial charge in [-0.25, -0.2) is 9.97 Å². The maximum absolute atomic E-state index is 4.48. The molecule has 1 aliphatic rings. The zero-order chi connectivity index (χ0) is 23.2. The van der Waals surface area contributed by atoms with E-state index in [0.29, 0.717) is 0 Å². The summed E-state index contributed by atoms with van der Waals surface area (Å²) in [6.45, 7) is 18.8. The Morgan fingerprint density at radius 2 is 1.85 bits per heavy atom. The molecule has 2 N–H and O–H groups in total. The van der Waals surface area contributed by atoms with E-state index in [1.54, 1.807) is 12.4 Å². The van der Waals surface area contributed by atoms with Gasteiger partial charge < -0.3 is 15.2 Å². The van der Waals surface area contributed by atoms with Crippen molar-refractivity contribution < 1.29 is 0 Å². The van der Waals surface area contributed by atoms with Crippen LogP contribution in [0.1, 0.15) is 19.4 Å². The molecule has 6 heteroatoms. The number of aromatic amines is 1. The molecule has 33 heavy (non-hydrogen) atoms. The standard InChI is InChI=1S/C27H34N6/c1-5-8-22(6-2)20(4)30-26-24-17-25(31-27(24)29-19-28-26)23-11-9-21(10-12-23)18-33-15-13-32(7-3)14-16-33/h5-6,8-12,17,19-20H,1-2,7,13-16,18H2,3-4H3,(H2,28,29,30,31)/b22-8+/t20-/m1/s1. The Hall–Kier alpha value is -3.22. The van der Waals surface area contributed by atoms with Crippen LogP contribution in [0.3, 0.4) is 0 Å². The van der Waals surface area contributed by atoms with E-state index in [4.69, 9.17) is 0 Å². The van der Waals surface area contributed by atoms with Crippen LogP contribution in [-0.4, -0.2) is 63.5 Å². The SMILES string of the molecule is C=C/C=C(\C=C)[C@@H](C)Nc1ncnc2[nH]c(-c3ccc(CN4CCN(CC)CC4)cc3)cc12. The predicted molar refractivity (Wildman–Crippen MR) is 138 cm³/mol. The second kappa shape index (κ2) is 10.6. The lowest BCUT2D eigenvalue weighted by Gasteiger charge is -2.34. The largest absolute Gasteiger partial charge is 0.363 e. The summed E-state index contributed by atoms with van der Waals surface area (Å²) in [4.78, 5) is 17.4. The molecule has 0 spiro atoms. The van der Waals surface area contributed by atoms with Gasteiger partial charge in [-0.3, -0.25) is 4.90 Å². The Morgan fingerprint density at radius 3 is 2.52 bits per heavy atom. The number of anilines is 1. The van der Waals surface area contributed by atoms with Gasteiger partial charge in [-0.15, -0.1) is 0 Å². The first kappa shape index (κ1) is 23.0. The Morgan fingerprint density at radius 1 is 1.12 bits per heavy atom. The second-order valence-corrected chi connectivity index (χ2v) is 8.55. The van der Waals surface area contributed by atoms with Crippen LogP contribution in [0.4, 0.5) is 5.82 Å². The van der Waals surface area contributed by atoms with Crippen LogP contribution in [0.5, 0.6) is 0 Å². The van der Waals surface area contributed by atoms with Gasteiger partial charge in [0.1, 0.15) is 17.8 Å². The minimum absolute atomic E-state index is 0.0513. The number of aromatic nitrogens is 3. The first-order valence-corrected chi connectivity index (χ1v) is 11.7. The Kier molecular flexibility index (Phi) is 7.37. The Balaban J connectivity index is 1.49. The first-order chi connectivity index (χ1) is 16.1. The number of likely N-dealkylation sites (N-methyl/N-ethyl adjacent to an activating group) is 1. The number of allylic oxidation sites excluding steroid dienone is 2. The number of nitrogens with one attached hydrogen (secondary N) is 2. The highest BCUT2D eigenvalue weighted by Gasteiger charge is 2.16. The smallest absolute Gasteiger partial charge is 0.143 e. The lowest BCUT2D eigenvalue weighted by molar-refractivity contribution is 0.132. The van der Waals surface area contributed by atoms with E-state index in [0.717, 1.165) is 73.0 Å². The molecule has 3 aromatic rings. The van der Waals surface area contributed by atoms with Crippen molar-refractivity contribution in [1.29, 1.82) is 0 Å². The Bertz CT molecular complexity index is 1120. The van der Waals surface area contributed by atoms with Crippen LogP contribution in [0.2, 0.25) is 0 Å². The van der Waals surface area contributed by atoms with Crippen LogP contribution in [0.25, 0.3) is 22.3 Å². The van der Waals surface area contributed by atoms with Gasteiger partial charge in [-0.05, 0) is 36.2 Å². The third kappa shape index (κ3) is 5.41. The fourth-order valence-corrected chi connectivity index (χ4v) is 4.34. The molecule has 0 bridgehead atoms. The number of hydrogen-bond donors (Lipinski definition) is 2. The minimum atomic E-state index is 0.0513. The average molecular weight is 443 g/mol. The van der Waals surface area contributed by atoms with Gasteiger partial charge in [-0.2, -0.15) is 0 Å². The van der Waals surface area contributed by atoms with Crippen LogP contribution in [-0.2, 0) is 6.54 Å². The first-order valence-electron chi connectivity index (χ1n) is 11.7.